The third-order valence-electron chi connectivity index (χ3n) is 6.66. The van der Waals surface area contributed by atoms with Crippen LogP contribution in [0.4, 0.5) is 0 Å². The number of phosphoric ester groups is 1. The number of thioether (sulfide) groups is 1. The van der Waals surface area contributed by atoms with Crippen molar-refractivity contribution in [3.63, 3.8) is 0 Å². The van der Waals surface area contributed by atoms with Crippen molar-refractivity contribution in [1.82, 2.24) is 0 Å². The highest BCUT2D eigenvalue weighted by Crippen LogP contribution is 2.43. The van der Waals surface area contributed by atoms with Crippen LogP contribution < -0.4 is 5.63 Å². The van der Waals surface area contributed by atoms with E-state index in [1.165, 1.54) is 38.2 Å². The molecule has 0 amide bonds. The summed E-state index contributed by atoms with van der Waals surface area (Å²) in [6.45, 7) is 1.95. The maximum absolute atomic E-state index is 11.9. The molecule has 12 heteroatoms. The SMILES string of the molecule is Cc1cc(=O)oc2cc(SCCCCCCCCCCCCOC(=O)C(O)COP(=O)(O)OCC[N+](C)(C)C)ccc12. The summed E-state index contributed by atoms with van der Waals surface area (Å²) in [5, 5.41) is 10.8. The molecule has 0 bridgehead atoms. The van der Waals surface area contributed by atoms with Gasteiger partial charge < -0.3 is 23.6 Å². The molecule has 10 nitrogen and oxygen atoms in total. The van der Waals surface area contributed by atoms with E-state index in [-0.39, 0.29) is 18.8 Å². The molecule has 0 fully saturated rings. The zero-order chi connectivity index (χ0) is 31.0. The second kappa shape index (κ2) is 18.8. The van der Waals surface area contributed by atoms with Crippen molar-refractivity contribution in [3.8, 4) is 0 Å². The third kappa shape index (κ3) is 15.7. The second-order valence-electron chi connectivity index (χ2n) is 11.6. The molecule has 2 rings (SSSR count). The molecule has 2 N–H and O–H groups in total. The Morgan fingerprint density at radius 2 is 1.57 bits per heavy atom. The number of benzene rings is 1. The Hall–Kier alpha value is -1.72. The quantitative estimate of drug-likeness (QED) is 0.0408. The minimum Gasteiger partial charge on any atom is -0.464 e. The van der Waals surface area contributed by atoms with Gasteiger partial charge in [0, 0.05) is 16.3 Å². The van der Waals surface area contributed by atoms with Crippen molar-refractivity contribution in [1.29, 1.82) is 0 Å². The number of hydrogen-bond donors (Lipinski definition) is 2. The Kier molecular flexibility index (Phi) is 16.4. The summed E-state index contributed by atoms with van der Waals surface area (Å²) >= 11 is 1.80. The average molecular weight is 631 g/mol. The lowest BCUT2D eigenvalue weighted by Crippen LogP contribution is -2.37. The van der Waals surface area contributed by atoms with Gasteiger partial charge in [-0.1, -0.05) is 51.4 Å². The number of quaternary nitrogens is 1. The van der Waals surface area contributed by atoms with Gasteiger partial charge >= 0.3 is 19.4 Å². The number of unbranched alkanes of at least 4 members (excludes halogenated alkanes) is 9. The molecule has 0 spiro atoms. The molecule has 0 aliphatic rings. The Morgan fingerprint density at radius 1 is 0.952 bits per heavy atom. The van der Waals surface area contributed by atoms with Gasteiger partial charge in [-0.25, -0.2) is 14.2 Å². The topological polar surface area (TPSA) is 132 Å². The molecule has 0 aliphatic heterocycles. The van der Waals surface area contributed by atoms with Crippen molar-refractivity contribution < 1.29 is 42.0 Å². The number of nitrogens with zero attached hydrogens (tertiary/aromatic N) is 1. The summed E-state index contributed by atoms with van der Waals surface area (Å²) < 4.78 is 32.3. The molecule has 2 atom stereocenters. The monoisotopic (exact) mass is 630 g/mol. The fourth-order valence-corrected chi connectivity index (χ4v) is 5.83. The highest BCUT2D eigenvalue weighted by atomic mass is 32.2. The molecule has 1 aromatic carbocycles. The fourth-order valence-electron chi connectivity index (χ4n) is 4.17. The summed E-state index contributed by atoms with van der Waals surface area (Å²) in [5.74, 6) is 0.171. The van der Waals surface area contributed by atoms with Gasteiger partial charge in [0.15, 0.2) is 6.10 Å². The summed E-state index contributed by atoms with van der Waals surface area (Å²) in [7, 11) is 1.40. The van der Waals surface area contributed by atoms with Gasteiger partial charge in [0.2, 0.25) is 0 Å². The lowest BCUT2D eigenvalue weighted by molar-refractivity contribution is -0.870. The predicted molar refractivity (Wildman–Crippen MR) is 166 cm³/mol. The maximum atomic E-state index is 11.9. The highest BCUT2D eigenvalue weighted by molar-refractivity contribution is 7.99. The number of hydrogen-bond acceptors (Lipinski definition) is 9. The standard InChI is InChI=1S/C30H48NO9PS/c1-24-21-29(33)40-28-22-25(15-16-26(24)28)42-20-14-12-10-8-6-5-7-9-11-13-18-37-30(34)27(32)23-39-41(35,36)38-19-17-31(2,3)4/h15-16,21-22,27,32H,5-14,17-20,23H2,1-4H3/p+1. The largest absolute Gasteiger partial charge is 0.472 e. The van der Waals surface area contributed by atoms with Crippen molar-refractivity contribution in [2.75, 3.05) is 53.3 Å². The van der Waals surface area contributed by atoms with Gasteiger partial charge in [0.25, 0.3) is 0 Å². The molecule has 1 aromatic heterocycles. The second-order valence-corrected chi connectivity index (χ2v) is 14.2. The van der Waals surface area contributed by atoms with Crippen LogP contribution in [0.3, 0.4) is 0 Å². The van der Waals surface area contributed by atoms with Crippen LogP contribution in [0.2, 0.25) is 0 Å². The summed E-state index contributed by atoms with van der Waals surface area (Å²) in [6, 6.07) is 7.59. The average Bonchev–Trinajstić information content (AvgIpc) is 2.90. The molecule has 0 aliphatic carbocycles. The number of fused-ring (bicyclic) bond motifs is 1. The first-order chi connectivity index (χ1) is 19.9. The van der Waals surface area contributed by atoms with Gasteiger partial charge in [-0.15, -0.1) is 11.8 Å². The molecule has 42 heavy (non-hydrogen) atoms. The Balaban J connectivity index is 1.40. The molecular weight excluding hydrogens is 581 g/mol. The van der Waals surface area contributed by atoms with Gasteiger partial charge in [0.05, 0.1) is 34.4 Å². The number of phosphoric acid groups is 1. The normalized spacial score (nSPS) is 14.1. The van der Waals surface area contributed by atoms with Crippen LogP contribution in [0.1, 0.15) is 69.8 Å². The zero-order valence-corrected chi connectivity index (χ0v) is 27.3. The summed E-state index contributed by atoms with van der Waals surface area (Å²) in [6.07, 6.45) is 9.40. The summed E-state index contributed by atoms with van der Waals surface area (Å²) in [4.78, 5) is 34.3. The predicted octanol–water partition coefficient (Wildman–Crippen LogP) is 5.84. The molecule has 238 valence electrons. The van der Waals surface area contributed by atoms with Gasteiger partial charge in [0.1, 0.15) is 18.7 Å². The van der Waals surface area contributed by atoms with Crippen LogP contribution in [-0.4, -0.2) is 79.8 Å². The molecule has 0 saturated heterocycles. The Bertz CT molecular complexity index is 1200. The van der Waals surface area contributed by atoms with E-state index in [1.807, 2.05) is 40.2 Å². The molecule has 0 radical (unpaired) electrons. The number of likely N-dealkylation sites (N-methyl/N-ethyl adjacent to an activating group) is 1. The van der Waals surface area contributed by atoms with Crippen LogP contribution in [0.5, 0.6) is 0 Å². The number of aryl methyl sites for hydroxylation is 1. The van der Waals surface area contributed by atoms with Gasteiger partial charge in [-0.3, -0.25) is 9.05 Å². The van der Waals surface area contributed by atoms with Crippen LogP contribution in [0.15, 0.2) is 38.4 Å². The molecular formula is C30H49NO9PS+. The smallest absolute Gasteiger partial charge is 0.464 e. The van der Waals surface area contributed by atoms with Crippen LogP contribution >= 0.6 is 19.6 Å². The van der Waals surface area contributed by atoms with E-state index in [1.54, 1.807) is 11.8 Å². The molecule has 2 aromatic rings. The first-order valence-electron chi connectivity index (χ1n) is 14.8. The minimum absolute atomic E-state index is 0.00859. The van der Waals surface area contributed by atoms with Crippen molar-refractivity contribution in [3.05, 3.63) is 40.2 Å². The first kappa shape index (κ1) is 36.5. The molecule has 0 saturated carbocycles. The number of carbonyl (C=O) groups excluding carboxylic acids is 1. The van der Waals surface area contributed by atoms with Gasteiger partial charge in [-0.2, -0.15) is 0 Å². The van der Waals surface area contributed by atoms with E-state index in [0.29, 0.717) is 23.0 Å². The maximum Gasteiger partial charge on any atom is 0.472 e. The van der Waals surface area contributed by atoms with Crippen LogP contribution in [-0.2, 0) is 23.1 Å². The zero-order valence-electron chi connectivity index (χ0n) is 25.5. The molecule has 1 heterocycles. The highest BCUT2D eigenvalue weighted by Gasteiger charge is 2.27. The van der Waals surface area contributed by atoms with E-state index in [9.17, 15) is 24.2 Å². The van der Waals surface area contributed by atoms with Crippen molar-refractivity contribution in [2.24, 2.45) is 0 Å². The van der Waals surface area contributed by atoms with E-state index in [4.69, 9.17) is 18.2 Å². The lowest BCUT2D eigenvalue weighted by Gasteiger charge is -2.24. The number of aliphatic hydroxyl groups is 1. The number of esters is 1. The third-order valence-corrected chi connectivity index (χ3v) is 8.72. The van der Waals surface area contributed by atoms with E-state index in [0.717, 1.165) is 47.3 Å². The molecule has 2 unspecified atom stereocenters. The summed E-state index contributed by atoms with van der Waals surface area (Å²) in [5.41, 5.74) is 1.29. The Morgan fingerprint density at radius 3 is 2.21 bits per heavy atom. The van der Waals surface area contributed by atoms with E-state index < -0.39 is 26.5 Å². The van der Waals surface area contributed by atoms with Crippen molar-refractivity contribution in [2.45, 2.75) is 82.1 Å². The number of rotatable bonds is 22. The number of aliphatic hydroxyl groups excluding tert-OH is 1. The van der Waals surface area contributed by atoms with Gasteiger partial charge in [-0.05, 0) is 49.3 Å². The van der Waals surface area contributed by atoms with Crippen molar-refractivity contribution >= 4 is 36.5 Å². The Labute approximate surface area is 253 Å². The number of ether oxygens (including phenoxy) is 1. The first-order valence-corrected chi connectivity index (χ1v) is 17.3. The minimum atomic E-state index is -4.34. The van der Waals surface area contributed by atoms with Crippen LogP contribution in [0, 0.1) is 6.92 Å². The lowest BCUT2D eigenvalue weighted by atomic mass is 10.1. The number of carbonyl (C=O) groups is 1. The van der Waals surface area contributed by atoms with E-state index >= 15 is 0 Å². The fraction of sp³-hybridized carbons (Fsp3) is 0.667. The van der Waals surface area contributed by atoms with E-state index in [2.05, 4.69) is 6.07 Å². The van der Waals surface area contributed by atoms with Crippen LogP contribution in [0.25, 0.3) is 11.0 Å².